The molecule has 2 aromatic rings. The maximum Gasteiger partial charge on any atom is 0.0636 e. The van der Waals surface area contributed by atoms with E-state index < -0.39 is 0 Å². The average molecular weight is 326 g/mol. The minimum atomic E-state index is 0.461. The molecular weight excluding hydrogens is 306 g/mol. The first-order chi connectivity index (χ1) is 9.74. The molecule has 0 spiro atoms. The first-order valence-electron chi connectivity index (χ1n) is 7.16. The van der Waals surface area contributed by atoms with Gasteiger partial charge in [-0.15, -0.1) is 11.3 Å². The summed E-state index contributed by atoms with van der Waals surface area (Å²) in [5.41, 5.74) is 0. The second kappa shape index (κ2) is 6.27. The summed E-state index contributed by atoms with van der Waals surface area (Å²) in [6, 6.07) is 8.39. The Labute approximate surface area is 134 Å². The van der Waals surface area contributed by atoms with Crippen LogP contribution in [0, 0.1) is 0 Å². The predicted octanol–water partition coefficient (Wildman–Crippen LogP) is 5.32. The molecule has 1 aromatic carbocycles. The van der Waals surface area contributed by atoms with Crippen molar-refractivity contribution < 1.29 is 0 Å². The molecule has 1 aliphatic rings. The van der Waals surface area contributed by atoms with Crippen molar-refractivity contribution in [2.45, 2.75) is 37.0 Å². The van der Waals surface area contributed by atoms with Crippen LogP contribution in [0.2, 0.25) is 5.02 Å². The number of nitrogens with one attached hydrogen (secondary N) is 1. The van der Waals surface area contributed by atoms with Crippen LogP contribution in [0.15, 0.2) is 24.3 Å². The van der Waals surface area contributed by atoms with E-state index in [1.807, 2.05) is 23.1 Å². The van der Waals surface area contributed by atoms with Gasteiger partial charge in [-0.05, 0) is 25.2 Å². The molecule has 108 valence electrons. The number of halogens is 1. The molecule has 0 radical (unpaired) electrons. The lowest BCUT2D eigenvalue weighted by Crippen LogP contribution is -2.34. The Morgan fingerprint density at radius 1 is 1.30 bits per heavy atom. The van der Waals surface area contributed by atoms with Crippen LogP contribution in [0.4, 0.5) is 0 Å². The van der Waals surface area contributed by atoms with Crippen LogP contribution < -0.4 is 5.32 Å². The first-order valence-corrected chi connectivity index (χ1v) is 9.58. The van der Waals surface area contributed by atoms with E-state index in [4.69, 9.17) is 11.6 Å². The summed E-state index contributed by atoms with van der Waals surface area (Å²) in [5, 5.41) is 5.77. The molecule has 1 aromatic heterocycles. The zero-order chi connectivity index (χ0) is 14.0. The topological polar surface area (TPSA) is 12.0 Å². The fraction of sp³-hybridized carbons (Fsp3) is 0.500. The van der Waals surface area contributed by atoms with E-state index in [1.165, 1.54) is 40.6 Å². The zero-order valence-electron chi connectivity index (χ0n) is 11.7. The highest BCUT2D eigenvalue weighted by Crippen LogP contribution is 2.40. The second-order valence-corrected chi connectivity index (χ2v) is 8.32. The van der Waals surface area contributed by atoms with Gasteiger partial charge in [0.15, 0.2) is 0 Å². The third-order valence-electron chi connectivity index (χ3n) is 4.28. The Kier molecular flexibility index (Phi) is 4.61. The summed E-state index contributed by atoms with van der Waals surface area (Å²) in [6.07, 6.45) is 7.71. The number of hydrogen-bond acceptors (Lipinski definition) is 3. The van der Waals surface area contributed by atoms with Gasteiger partial charge in [-0.1, -0.05) is 42.6 Å². The third kappa shape index (κ3) is 2.87. The van der Waals surface area contributed by atoms with Gasteiger partial charge in [0.1, 0.15) is 0 Å². The highest BCUT2D eigenvalue weighted by atomic mass is 35.5. The van der Waals surface area contributed by atoms with Gasteiger partial charge in [0.25, 0.3) is 0 Å². The Balaban J connectivity index is 1.66. The number of fused-ring (bicyclic) bond motifs is 1. The summed E-state index contributed by atoms with van der Waals surface area (Å²) in [7, 11) is 0. The highest BCUT2D eigenvalue weighted by molar-refractivity contribution is 8.00. The SMILES string of the molecule is CSC1(CNCc2sc3ccccc3c2Cl)CCCC1. The molecule has 0 aliphatic heterocycles. The number of rotatable bonds is 5. The lowest BCUT2D eigenvalue weighted by Gasteiger charge is -2.27. The van der Waals surface area contributed by atoms with E-state index in [0.29, 0.717) is 4.75 Å². The Morgan fingerprint density at radius 3 is 2.75 bits per heavy atom. The maximum atomic E-state index is 6.49. The van der Waals surface area contributed by atoms with E-state index >= 15 is 0 Å². The minimum Gasteiger partial charge on any atom is -0.310 e. The zero-order valence-corrected chi connectivity index (χ0v) is 14.1. The molecule has 1 nitrogen and oxygen atoms in total. The molecule has 0 bridgehead atoms. The molecule has 20 heavy (non-hydrogen) atoms. The van der Waals surface area contributed by atoms with Crippen molar-refractivity contribution in [1.29, 1.82) is 0 Å². The van der Waals surface area contributed by atoms with Crippen LogP contribution in [-0.4, -0.2) is 17.5 Å². The molecule has 0 amide bonds. The fourth-order valence-electron chi connectivity index (χ4n) is 3.05. The molecule has 0 unspecified atom stereocenters. The van der Waals surface area contributed by atoms with Crippen molar-refractivity contribution >= 4 is 44.8 Å². The van der Waals surface area contributed by atoms with E-state index in [9.17, 15) is 0 Å². The summed E-state index contributed by atoms with van der Waals surface area (Å²) in [4.78, 5) is 1.27. The normalized spacial score (nSPS) is 17.9. The third-order valence-corrected chi connectivity index (χ3v) is 7.42. The van der Waals surface area contributed by atoms with Crippen LogP contribution >= 0.6 is 34.7 Å². The quantitative estimate of drug-likeness (QED) is 0.798. The van der Waals surface area contributed by atoms with E-state index in [1.54, 1.807) is 0 Å². The number of thiophene rings is 1. The summed E-state index contributed by atoms with van der Waals surface area (Å²) >= 11 is 10.3. The number of benzene rings is 1. The second-order valence-electron chi connectivity index (χ2n) is 5.53. The van der Waals surface area contributed by atoms with E-state index in [-0.39, 0.29) is 0 Å². The van der Waals surface area contributed by atoms with Crippen molar-refractivity contribution in [1.82, 2.24) is 5.32 Å². The molecule has 1 aliphatic carbocycles. The minimum absolute atomic E-state index is 0.461. The first kappa shape index (κ1) is 14.7. The smallest absolute Gasteiger partial charge is 0.0636 e. The molecular formula is C16H20ClNS2. The molecule has 4 heteroatoms. The summed E-state index contributed by atoms with van der Waals surface area (Å²) < 4.78 is 1.75. The van der Waals surface area contributed by atoms with E-state index in [0.717, 1.165) is 18.1 Å². The Morgan fingerprint density at radius 2 is 2.05 bits per heavy atom. The highest BCUT2D eigenvalue weighted by Gasteiger charge is 2.32. The van der Waals surface area contributed by atoms with Gasteiger partial charge in [0.2, 0.25) is 0 Å². The van der Waals surface area contributed by atoms with Crippen molar-refractivity contribution in [2.24, 2.45) is 0 Å². The van der Waals surface area contributed by atoms with Crippen LogP contribution in [0.25, 0.3) is 10.1 Å². The Bertz CT molecular complexity index is 587. The standard InChI is InChI=1S/C16H20ClNS2/c1-19-16(8-4-5-9-16)11-18-10-14-15(17)12-6-2-3-7-13(12)20-14/h2-3,6-7,18H,4-5,8-11H2,1H3. The van der Waals surface area contributed by atoms with Crippen LogP contribution in [0.5, 0.6) is 0 Å². The van der Waals surface area contributed by atoms with Gasteiger partial charge in [0.05, 0.1) is 5.02 Å². The average Bonchev–Trinajstić information content (AvgIpc) is 3.06. The number of thioether (sulfide) groups is 1. The van der Waals surface area contributed by atoms with Crippen molar-refractivity contribution in [3.63, 3.8) is 0 Å². The van der Waals surface area contributed by atoms with Gasteiger partial charge in [-0.25, -0.2) is 0 Å². The van der Waals surface area contributed by atoms with Crippen molar-refractivity contribution in [3.8, 4) is 0 Å². The van der Waals surface area contributed by atoms with Crippen LogP contribution in [0.3, 0.4) is 0 Å². The number of hydrogen-bond donors (Lipinski definition) is 1. The van der Waals surface area contributed by atoms with E-state index in [2.05, 4.69) is 35.8 Å². The molecule has 0 atom stereocenters. The van der Waals surface area contributed by atoms with Crippen molar-refractivity contribution in [2.75, 3.05) is 12.8 Å². The molecule has 0 saturated heterocycles. The lowest BCUT2D eigenvalue weighted by atomic mass is 10.1. The lowest BCUT2D eigenvalue weighted by molar-refractivity contribution is 0.536. The molecule has 3 rings (SSSR count). The van der Waals surface area contributed by atoms with Gasteiger partial charge >= 0.3 is 0 Å². The molecule has 1 fully saturated rings. The maximum absolute atomic E-state index is 6.49. The molecule has 1 N–H and O–H groups in total. The van der Waals surface area contributed by atoms with Gasteiger partial charge < -0.3 is 5.32 Å². The summed E-state index contributed by atoms with van der Waals surface area (Å²) in [5.74, 6) is 0. The Hall–Kier alpha value is -0.220. The predicted molar refractivity (Wildman–Crippen MR) is 93.3 cm³/mol. The van der Waals surface area contributed by atoms with Crippen LogP contribution in [0.1, 0.15) is 30.6 Å². The molecule has 1 saturated carbocycles. The van der Waals surface area contributed by atoms with Crippen LogP contribution in [-0.2, 0) is 6.54 Å². The van der Waals surface area contributed by atoms with Gasteiger partial charge in [-0.3, -0.25) is 0 Å². The van der Waals surface area contributed by atoms with Gasteiger partial charge in [0, 0.05) is 32.8 Å². The molecule has 1 heterocycles. The summed E-state index contributed by atoms with van der Waals surface area (Å²) in [6.45, 7) is 1.99. The largest absolute Gasteiger partial charge is 0.310 e. The van der Waals surface area contributed by atoms with Crippen molar-refractivity contribution in [3.05, 3.63) is 34.2 Å². The van der Waals surface area contributed by atoms with Gasteiger partial charge in [-0.2, -0.15) is 11.8 Å². The monoisotopic (exact) mass is 325 g/mol. The fourth-order valence-corrected chi connectivity index (χ4v) is 5.47.